The number of hydrogen-bond donors (Lipinski definition) is 3. The van der Waals surface area contributed by atoms with Gasteiger partial charge in [-0.1, -0.05) is 0 Å². The van der Waals surface area contributed by atoms with Crippen LogP contribution in [-0.2, 0) is 4.84 Å². The molecule has 100 valence electrons. The number of nitrogens with zero attached hydrogens (tertiary/aromatic N) is 2. The number of hydroxylamine groups is 1. The molecule has 0 aromatic rings. The van der Waals surface area contributed by atoms with E-state index in [0.717, 1.165) is 30.9 Å². The van der Waals surface area contributed by atoms with Crippen molar-refractivity contribution in [1.82, 2.24) is 10.8 Å². The van der Waals surface area contributed by atoms with E-state index in [1.54, 1.807) is 13.1 Å². The smallest absolute Gasteiger partial charge is 0.113 e. The molecule has 0 radical (unpaired) electrons. The largest absolute Gasteiger partial charge is 0.417 e. The van der Waals surface area contributed by atoms with Crippen LogP contribution in [0.2, 0.25) is 0 Å². The maximum absolute atomic E-state index is 5.31. The van der Waals surface area contributed by atoms with Crippen LogP contribution in [0.4, 0.5) is 0 Å². The summed E-state index contributed by atoms with van der Waals surface area (Å²) in [4.78, 5) is 13.4. The summed E-state index contributed by atoms with van der Waals surface area (Å²) in [5.41, 5.74) is 9.52. The van der Waals surface area contributed by atoms with Gasteiger partial charge in [0.05, 0.1) is 12.0 Å². The Bertz CT molecular complexity index is 355. The Hall–Kier alpha value is -1.66. The molecule has 0 aromatic carbocycles. The first kappa shape index (κ1) is 14.4. The zero-order chi connectivity index (χ0) is 13.2. The van der Waals surface area contributed by atoms with Crippen molar-refractivity contribution in [3.63, 3.8) is 0 Å². The topological polar surface area (TPSA) is 84.0 Å². The normalized spacial score (nSPS) is 18.6. The number of hydrogen-bond acceptors (Lipinski definition) is 5. The van der Waals surface area contributed by atoms with Crippen molar-refractivity contribution >= 4 is 12.6 Å². The van der Waals surface area contributed by atoms with Crippen molar-refractivity contribution in [2.24, 2.45) is 21.6 Å². The lowest BCUT2D eigenvalue weighted by molar-refractivity contribution is 0.158. The Balaban J connectivity index is 2.57. The molecule has 6 nitrogen and oxygen atoms in total. The highest BCUT2D eigenvalue weighted by Crippen LogP contribution is 2.07. The van der Waals surface area contributed by atoms with E-state index in [1.807, 2.05) is 13.1 Å². The second-order valence-electron chi connectivity index (χ2n) is 3.99. The first-order valence-corrected chi connectivity index (χ1v) is 5.92. The third-order valence-electron chi connectivity index (χ3n) is 2.54. The van der Waals surface area contributed by atoms with Gasteiger partial charge in [-0.3, -0.25) is 4.99 Å². The van der Waals surface area contributed by atoms with Gasteiger partial charge >= 0.3 is 0 Å². The van der Waals surface area contributed by atoms with Gasteiger partial charge in [-0.25, -0.2) is 4.99 Å². The van der Waals surface area contributed by atoms with E-state index in [4.69, 9.17) is 10.6 Å². The molecule has 1 aliphatic rings. The number of aliphatic imine (C=N–C) groups is 2. The first-order valence-electron chi connectivity index (χ1n) is 5.92. The van der Waals surface area contributed by atoms with E-state index < -0.39 is 0 Å². The molecule has 0 spiro atoms. The third kappa shape index (κ3) is 5.11. The number of rotatable bonds is 7. The predicted molar refractivity (Wildman–Crippen MR) is 74.4 cm³/mol. The van der Waals surface area contributed by atoms with E-state index in [9.17, 15) is 0 Å². The Labute approximate surface area is 108 Å². The minimum atomic E-state index is 0.665. The molecule has 1 heterocycles. The molecule has 1 fully saturated rings. The summed E-state index contributed by atoms with van der Waals surface area (Å²) in [6, 6.07) is 0. The van der Waals surface area contributed by atoms with Gasteiger partial charge in [0.25, 0.3) is 0 Å². The minimum Gasteiger partial charge on any atom is -0.417 e. The second-order valence-corrected chi connectivity index (χ2v) is 3.99. The molecule has 0 saturated carbocycles. The standard InChI is InChI=1S/C12H21N5O/c1-10(5-15-6-11-7-16-8-11)12(17-9-13)3-4-18-14-2/h3-5,9,11,14,16H,6-8H2,1-2H3,(H2,13,17)/b4-3+,12-10?,15-5?. The quantitative estimate of drug-likeness (QED) is 0.198. The summed E-state index contributed by atoms with van der Waals surface area (Å²) in [6.45, 7) is 4.91. The van der Waals surface area contributed by atoms with E-state index in [0.29, 0.717) is 5.92 Å². The molecular weight excluding hydrogens is 230 g/mol. The van der Waals surface area contributed by atoms with Crippen LogP contribution in [0.1, 0.15) is 6.92 Å². The zero-order valence-corrected chi connectivity index (χ0v) is 10.9. The van der Waals surface area contributed by atoms with Crippen molar-refractivity contribution in [1.29, 1.82) is 0 Å². The molecule has 1 rings (SSSR count). The lowest BCUT2D eigenvalue weighted by atomic mass is 10.0. The lowest BCUT2D eigenvalue weighted by Crippen LogP contribution is -2.43. The third-order valence-corrected chi connectivity index (χ3v) is 2.54. The molecule has 1 aliphatic heterocycles. The fourth-order valence-corrected chi connectivity index (χ4v) is 1.41. The molecule has 6 heteroatoms. The van der Waals surface area contributed by atoms with Gasteiger partial charge in [0.2, 0.25) is 0 Å². The molecule has 0 aliphatic carbocycles. The van der Waals surface area contributed by atoms with Gasteiger partial charge in [-0.2, -0.15) is 5.48 Å². The molecular formula is C12H21N5O. The van der Waals surface area contributed by atoms with Crippen molar-refractivity contribution in [3.05, 3.63) is 23.6 Å². The molecule has 4 N–H and O–H groups in total. The number of allylic oxidation sites excluding steroid dienone is 2. The second kappa shape index (κ2) is 8.43. The summed E-state index contributed by atoms with van der Waals surface area (Å²) in [6.07, 6.45) is 6.32. The van der Waals surface area contributed by atoms with Gasteiger partial charge in [0, 0.05) is 44.9 Å². The van der Waals surface area contributed by atoms with Crippen molar-refractivity contribution < 1.29 is 4.84 Å². The number of nitrogens with one attached hydrogen (secondary N) is 2. The van der Waals surface area contributed by atoms with Crippen LogP contribution in [0.5, 0.6) is 0 Å². The predicted octanol–water partition coefficient (Wildman–Crippen LogP) is 0.202. The molecule has 0 aromatic heterocycles. The molecule has 0 unspecified atom stereocenters. The van der Waals surface area contributed by atoms with Crippen molar-refractivity contribution in [2.45, 2.75) is 6.92 Å². The van der Waals surface area contributed by atoms with Crippen LogP contribution in [0.25, 0.3) is 0 Å². The minimum absolute atomic E-state index is 0.665. The fraction of sp³-hybridized carbons (Fsp3) is 0.500. The highest BCUT2D eigenvalue weighted by molar-refractivity contribution is 5.80. The van der Waals surface area contributed by atoms with Crippen LogP contribution in [0, 0.1) is 5.92 Å². The highest BCUT2D eigenvalue weighted by Gasteiger charge is 2.14. The highest BCUT2D eigenvalue weighted by atomic mass is 16.6. The summed E-state index contributed by atoms with van der Waals surface area (Å²) in [7, 11) is 1.68. The zero-order valence-electron chi connectivity index (χ0n) is 10.9. The lowest BCUT2D eigenvalue weighted by Gasteiger charge is -2.24. The molecule has 0 atom stereocenters. The average molecular weight is 251 g/mol. The van der Waals surface area contributed by atoms with E-state index in [2.05, 4.69) is 20.8 Å². The Kier molecular flexibility index (Phi) is 6.75. The maximum Gasteiger partial charge on any atom is 0.113 e. The molecule has 1 saturated heterocycles. The Morgan fingerprint density at radius 3 is 2.89 bits per heavy atom. The molecule has 0 bridgehead atoms. The van der Waals surface area contributed by atoms with Crippen LogP contribution >= 0.6 is 0 Å². The average Bonchev–Trinajstić information content (AvgIpc) is 2.31. The summed E-state index contributed by atoms with van der Waals surface area (Å²) in [5, 5.41) is 3.22. The van der Waals surface area contributed by atoms with Gasteiger partial charge in [-0.05, 0) is 12.5 Å². The van der Waals surface area contributed by atoms with Gasteiger partial charge in [-0.15, -0.1) is 0 Å². The SMILES string of the molecule is CNO/C=C/C(N=CN)=C(C)C=NCC1CNC1. The van der Waals surface area contributed by atoms with Crippen molar-refractivity contribution in [3.8, 4) is 0 Å². The molecule has 0 amide bonds. The van der Waals surface area contributed by atoms with Crippen LogP contribution < -0.4 is 16.5 Å². The van der Waals surface area contributed by atoms with Crippen LogP contribution in [-0.4, -0.2) is 39.2 Å². The van der Waals surface area contributed by atoms with Crippen LogP contribution in [0.3, 0.4) is 0 Å². The summed E-state index contributed by atoms with van der Waals surface area (Å²) < 4.78 is 0. The van der Waals surface area contributed by atoms with Gasteiger partial charge in [0.15, 0.2) is 0 Å². The summed E-state index contributed by atoms with van der Waals surface area (Å²) >= 11 is 0. The molecule has 18 heavy (non-hydrogen) atoms. The van der Waals surface area contributed by atoms with Crippen molar-refractivity contribution in [2.75, 3.05) is 26.7 Å². The Morgan fingerprint density at radius 1 is 1.56 bits per heavy atom. The fourth-order valence-electron chi connectivity index (χ4n) is 1.41. The maximum atomic E-state index is 5.31. The monoisotopic (exact) mass is 251 g/mol. The van der Waals surface area contributed by atoms with E-state index in [-0.39, 0.29) is 0 Å². The van der Waals surface area contributed by atoms with Gasteiger partial charge < -0.3 is 15.9 Å². The van der Waals surface area contributed by atoms with E-state index in [1.165, 1.54) is 12.6 Å². The number of nitrogens with two attached hydrogens (primary N) is 1. The van der Waals surface area contributed by atoms with Crippen LogP contribution in [0.15, 0.2) is 33.6 Å². The summed E-state index contributed by atoms with van der Waals surface area (Å²) in [5.74, 6) is 0.665. The Morgan fingerprint density at radius 2 is 2.33 bits per heavy atom. The van der Waals surface area contributed by atoms with Gasteiger partial charge in [0.1, 0.15) is 6.26 Å². The first-order chi connectivity index (χ1) is 8.77. The van der Waals surface area contributed by atoms with E-state index >= 15 is 0 Å².